The number of aliphatic hydroxyl groups excluding tert-OH is 1. The minimum atomic E-state index is -0.714. The van der Waals surface area contributed by atoms with Crippen molar-refractivity contribution in [2.45, 2.75) is 85.1 Å². The lowest BCUT2D eigenvalue weighted by Gasteiger charge is -2.61. The number of pyridine rings is 1. The first-order chi connectivity index (χ1) is 25.5. The van der Waals surface area contributed by atoms with Crippen LogP contribution in [0.25, 0.3) is 22.4 Å². The summed E-state index contributed by atoms with van der Waals surface area (Å²) in [5.74, 6) is 0.414. The number of nitrogens with one attached hydrogen (secondary N) is 1. The minimum Gasteiger partial charge on any atom is -0.460 e. The summed E-state index contributed by atoms with van der Waals surface area (Å²) in [6.07, 6.45) is 10.8. The van der Waals surface area contributed by atoms with E-state index in [9.17, 15) is 14.7 Å². The largest absolute Gasteiger partial charge is 0.460 e. The Morgan fingerprint density at radius 1 is 1.11 bits per heavy atom. The van der Waals surface area contributed by atoms with Crippen LogP contribution >= 0.6 is 24.8 Å². The number of fused-ring (bicyclic) bond motifs is 1. The normalized spacial score (nSPS) is 31.8. The van der Waals surface area contributed by atoms with E-state index in [4.69, 9.17) is 4.74 Å². The van der Waals surface area contributed by atoms with E-state index in [1.54, 1.807) is 25.0 Å². The smallest absolute Gasteiger partial charge is 0.328 e. The number of aromatic nitrogens is 8. The molecule has 296 valence electrons. The van der Waals surface area contributed by atoms with Crippen molar-refractivity contribution >= 4 is 53.5 Å². The Hall–Kier alpha value is -3.98. The highest BCUT2D eigenvalue weighted by atomic mass is 35.5. The van der Waals surface area contributed by atoms with Gasteiger partial charge in [0, 0.05) is 61.1 Å². The van der Waals surface area contributed by atoms with Gasteiger partial charge in [-0.3, -0.25) is 14.6 Å². The van der Waals surface area contributed by atoms with E-state index in [1.807, 2.05) is 29.7 Å². The van der Waals surface area contributed by atoms with Gasteiger partial charge in [-0.15, -0.1) is 36.5 Å². The monoisotopic (exact) mass is 794 g/mol. The van der Waals surface area contributed by atoms with Crippen LogP contribution < -0.4 is 10.2 Å². The van der Waals surface area contributed by atoms with Crippen LogP contribution in [0, 0.1) is 34.0 Å². The topological polar surface area (TPSA) is 166 Å². The summed E-state index contributed by atoms with van der Waals surface area (Å²) < 4.78 is 9.85. The van der Waals surface area contributed by atoms with Crippen molar-refractivity contribution in [1.29, 1.82) is 0 Å². The fraction of sp³-hybridized carbons (Fsp3) is 0.590. The summed E-state index contributed by atoms with van der Waals surface area (Å²) in [7, 11) is 0. The molecule has 3 saturated carbocycles. The van der Waals surface area contributed by atoms with Crippen LogP contribution in [0.5, 0.6) is 0 Å². The summed E-state index contributed by atoms with van der Waals surface area (Å²) in [6.45, 7) is 16.4. The number of aliphatic hydroxyl groups is 1. The maximum absolute atomic E-state index is 13.7. The van der Waals surface area contributed by atoms with Gasteiger partial charge in [-0.05, 0) is 55.1 Å². The molecule has 4 aromatic rings. The third-order valence-corrected chi connectivity index (χ3v) is 13.7. The molecule has 14 nitrogen and oxygen atoms in total. The number of esters is 1. The quantitative estimate of drug-likeness (QED) is 0.187. The number of hydrogen-bond donors (Lipinski definition) is 2. The van der Waals surface area contributed by atoms with Crippen LogP contribution in [0.15, 0.2) is 49.8 Å². The molecule has 8 rings (SSSR count). The van der Waals surface area contributed by atoms with Crippen molar-refractivity contribution in [3.8, 4) is 11.3 Å². The van der Waals surface area contributed by atoms with Crippen molar-refractivity contribution in [3.05, 3.63) is 55.5 Å². The zero-order valence-corrected chi connectivity index (χ0v) is 33.6. The van der Waals surface area contributed by atoms with E-state index in [0.717, 1.165) is 73.7 Å². The summed E-state index contributed by atoms with van der Waals surface area (Å²) in [5.41, 5.74) is 2.10. The molecular formula is C39H52Cl2N10O4. The van der Waals surface area contributed by atoms with Gasteiger partial charge in [0.25, 0.3) is 0 Å². The van der Waals surface area contributed by atoms with E-state index in [0.29, 0.717) is 25.1 Å². The van der Waals surface area contributed by atoms with Gasteiger partial charge >= 0.3 is 5.97 Å². The molecule has 0 aromatic carbocycles. The molecule has 16 heteroatoms. The molecule has 55 heavy (non-hydrogen) atoms. The number of carbonyl (C=O) groups is 2. The second-order valence-corrected chi connectivity index (χ2v) is 16.4. The van der Waals surface area contributed by atoms with Crippen molar-refractivity contribution in [1.82, 2.24) is 44.8 Å². The molecule has 4 aromatic heterocycles. The van der Waals surface area contributed by atoms with Crippen LogP contribution in [-0.2, 0) is 27.4 Å². The van der Waals surface area contributed by atoms with Gasteiger partial charge in [0.15, 0.2) is 17.0 Å². The number of Topliss-reactive ketones (excluding diaryl/α,β-unsaturated/α-hetero) is 1. The Kier molecular flexibility index (Phi) is 11.5. The number of imidazole rings is 1. The highest BCUT2D eigenvalue weighted by Gasteiger charge is 2.68. The second kappa shape index (κ2) is 15.5. The maximum atomic E-state index is 13.7. The number of hydrogen-bond acceptors (Lipinski definition) is 12. The van der Waals surface area contributed by atoms with Gasteiger partial charge < -0.3 is 24.6 Å². The molecule has 0 amide bonds. The molecule has 4 aliphatic rings. The fourth-order valence-electron chi connectivity index (χ4n) is 10.3. The van der Waals surface area contributed by atoms with Gasteiger partial charge in [-0.1, -0.05) is 39.0 Å². The first-order valence-electron chi connectivity index (χ1n) is 19.0. The zero-order valence-electron chi connectivity index (χ0n) is 31.9. The molecule has 2 bridgehead atoms. The van der Waals surface area contributed by atoms with Crippen LogP contribution in [0.4, 0.5) is 5.82 Å². The van der Waals surface area contributed by atoms with Crippen LogP contribution in [0.3, 0.4) is 0 Å². The molecule has 1 aliphatic heterocycles. The van der Waals surface area contributed by atoms with Crippen molar-refractivity contribution in [2.75, 3.05) is 31.1 Å². The lowest BCUT2D eigenvalue weighted by atomic mass is 9.44. The van der Waals surface area contributed by atoms with E-state index < -0.39 is 29.0 Å². The molecule has 0 unspecified atom stereocenters. The van der Waals surface area contributed by atoms with Gasteiger partial charge in [-0.2, -0.15) is 0 Å². The summed E-state index contributed by atoms with van der Waals surface area (Å²) >= 11 is 0. The molecule has 4 fully saturated rings. The van der Waals surface area contributed by atoms with Crippen molar-refractivity contribution in [2.24, 2.45) is 34.0 Å². The van der Waals surface area contributed by atoms with Gasteiger partial charge in [-0.25, -0.2) is 19.6 Å². The highest BCUT2D eigenvalue weighted by Crippen LogP contribution is 2.68. The predicted octanol–water partition coefficient (Wildman–Crippen LogP) is 4.69. The Morgan fingerprint density at radius 2 is 1.89 bits per heavy atom. The Labute approximate surface area is 333 Å². The fourth-order valence-corrected chi connectivity index (χ4v) is 10.3. The molecule has 5 heterocycles. The Morgan fingerprint density at radius 3 is 2.62 bits per heavy atom. The SMILES string of the molecule is C=C[C@]1(C)C[C@@H](OC(=O)Cn2cc(-c3ccc(Cn4cnc5c(N6CCNCC6)ncnc54)nc3)nn2)[C@]2(C)[C@H](C)CC[C@]3(CCC(=O)[C@H]32)[C@@H](C)[C@@H]1O.Cl.Cl. The summed E-state index contributed by atoms with van der Waals surface area (Å²) in [6, 6.07) is 3.87. The minimum absolute atomic E-state index is 0. The Balaban J connectivity index is 0.00000257. The van der Waals surface area contributed by atoms with Gasteiger partial charge in [0.05, 0.1) is 30.9 Å². The summed E-state index contributed by atoms with van der Waals surface area (Å²) in [4.78, 5) is 48.1. The first-order valence-corrected chi connectivity index (χ1v) is 19.0. The number of rotatable bonds is 8. The van der Waals surface area contributed by atoms with E-state index >= 15 is 0 Å². The molecule has 0 radical (unpaired) electrons. The average Bonchev–Trinajstić information content (AvgIpc) is 3.90. The van der Waals surface area contributed by atoms with Crippen molar-refractivity contribution in [3.63, 3.8) is 0 Å². The van der Waals surface area contributed by atoms with Crippen molar-refractivity contribution < 1.29 is 19.4 Å². The van der Waals surface area contributed by atoms with Crippen LogP contribution in [-0.4, -0.2) is 94.7 Å². The number of ether oxygens (including phenoxy) is 1. The lowest BCUT2D eigenvalue weighted by Crippen LogP contribution is -2.63. The second-order valence-electron chi connectivity index (χ2n) is 16.4. The first kappa shape index (κ1) is 40.7. The van der Waals surface area contributed by atoms with E-state index in [2.05, 4.69) is 67.8 Å². The maximum Gasteiger partial charge on any atom is 0.328 e. The number of halogens is 2. The van der Waals surface area contributed by atoms with E-state index in [-0.39, 0.29) is 60.3 Å². The van der Waals surface area contributed by atoms with E-state index in [1.165, 1.54) is 4.68 Å². The predicted molar refractivity (Wildman–Crippen MR) is 212 cm³/mol. The molecule has 1 saturated heterocycles. The molecule has 8 atom stereocenters. The molecule has 3 aliphatic carbocycles. The zero-order chi connectivity index (χ0) is 37.1. The van der Waals surface area contributed by atoms with Crippen LogP contribution in [0.1, 0.15) is 65.5 Å². The molecular weight excluding hydrogens is 743 g/mol. The third-order valence-electron chi connectivity index (χ3n) is 13.7. The highest BCUT2D eigenvalue weighted by molar-refractivity contribution is 5.86. The average molecular weight is 796 g/mol. The number of anilines is 1. The Bertz CT molecular complexity index is 2040. The van der Waals surface area contributed by atoms with Crippen LogP contribution in [0.2, 0.25) is 0 Å². The summed E-state index contributed by atoms with van der Waals surface area (Å²) in [5, 5.41) is 23.7. The van der Waals surface area contributed by atoms with Gasteiger partial charge in [0.1, 0.15) is 30.5 Å². The third kappa shape index (κ3) is 6.82. The number of carbonyl (C=O) groups excluding carboxylic acids is 2. The molecule has 0 spiro atoms. The number of nitrogens with zero attached hydrogens (tertiary/aromatic N) is 9. The number of piperazine rings is 1. The molecule has 2 N–H and O–H groups in total. The number of ketones is 1. The standard InChI is InChI=1S/C39H50N10O4.2ClH/c1-6-37(4)17-30(38(5)24(2)9-11-39(25(3)34(37)52)12-10-29(50)33(38)39)53-31(51)21-49-20-28(45-46-49)26-7-8-27(41-18-26)19-48-23-44-32-35(42-22-43-36(32)48)47-15-13-40-14-16-47;;/h6-8,18,20,22-25,30,33-34,40,52H,1,9-17,19,21H2,2-5H3;2*1H/t24-,25+,30-,33+,34+,37-,38+,39+;;/m1../s1. The van der Waals surface area contributed by atoms with Gasteiger partial charge in [0.2, 0.25) is 0 Å². The lowest BCUT2D eigenvalue weighted by molar-refractivity contribution is -0.207.